The molecule has 0 spiro atoms. The fourth-order valence-corrected chi connectivity index (χ4v) is 2.84. The average molecular weight is 328 g/mol. The summed E-state index contributed by atoms with van der Waals surface area (Å²) in [6, 6.07) is 5.80. The van der Waals surface area contributed by atoms with Gasteiger partial charge in [-0.1, -0.05) is 45.6 Å². The Kier molecular flexibility index (Phi) is 7.15. The van der Waals surface area contributed by atoms with Crippen molar-refractivity contribution in [1.29, 1.82) is 0 Å². The lowest BCUT2D eigenvalue weighted by molar-refractivity contribution is 0.788. The van der Waals surface area contributed by atoms with E-state index in [9.17, 15) is 0 Å². The van der Waals surface area contributed by atoms with Crippen LogP contribution in [0.4, 0.5) is 0 Å². The summed E-state index contributed by atoms with van der Waals surface area (Å²) in [4.78, 5) is 1.20. The van der Waals surface area contributed by atoms with Gasteiger partial charge in [-0.05, 0) is 36.8 Å². The van der Waals surface area contributed by atoms with Gasteiger partial charge in [0.25, 0.3) is 0 Å². The second-order valence-corrected chi connectivity index (χ2v) is 5.95. The highest BCUT2D eigenvalue weighted by Gasteiger charge is 1.99. The summed E-state index contributed by atoms with van der Waals surface area (Å²) >= 11 is 17.0. The van der Waals surface area contributed by atoms with Gasteiger partial charge < -0.3 is 0 Å². The molecular formula is C11H13BrCl2S. The van der Waals surface area contributed by atoms with Gasteiger partial charge in [0.15, 0.2) is 0 Å². The SMILES string of the molecule is Clc1ccc(SCCCCCBr)cc1Cl. The molecule has 1 aromatic rings. The molecule has 84 valence electrons. The monoisotopic (exact) mass is 326 g/mol. The standard InChI is InChI=1S/C11H13BrCl2S/c12-6-2-1-3-7-15-9-4-5-10(13)11(14)8-9/h4-5,8H,1-3,6-7H2. The van der Waals surface area contributed by atoms with E-state index in [1.165, 1.54) is 24.2 Å². The average Bonchev–Trinajstić information content (AvgIpc) is 2.23. The predicted octanol–water partition coefficient (Wildman–Crippen LogP) is 5.65. The van der Waals surface area contributed by atoms with Crippen molar-refractivity contribution < 1.29 is 0 Å². The molecule has 0 unspecified atom stereocenters. The minimum absolute atomic E-state index is 0.625. The number of thioether (sulfide) groups is 1. The Labute approximate surface area is 114 Å². The molecule has 0 N–H and O–H groups in total. The largest absolute Gasteiger partial charge is 0.126 e. The molecule has 0 nitrogen and oxygen atoms in total. The maximum atomic E-state index is 5.92. The van der Waals surface area contributed by atoms with E-state index in [4.69, 9.17) is 23.2 Å². The summed E-state index contributed by atoms with van der Waals surface area (Å²) in [5.74, 6) is 1.14. The molecule has 0 radical (unpaired) electrons. The molecule has 0 aliphatic heterocycles. The normalized spacial score (nSPS) is 10.6. The van der Waals surface area contributed by atoms with Crippen LogP contribution in [0.25, 0.3) is 0 Å². The van der Waals surface area contributed by atoms with Crippen LogP contribution in [0.5, 0.6) is 0 Å². The first-order chi connectivity index (χ1) is 7.24. The molecule has 0 saturated heterocycles. The van der Waals surface area contributed by atoms with E-state index in [1.54, 1.807) is 0 Å². The number of hydrogen-bond donors (Lipinski definition) is 0. The zero-order valence-electron chi connectivity index (χ0n) is 8.31. The van der Waals surface area contributed by atoms with E-state index in [0.717, 1.165) is 11.1 Å². The van der Waals surface area contributed by atoms with Crippen molar-refractivity contribution in [3.05, 3.63) is 28.2 Å². The van der Waals surface area contributed by atoms with Gasteiger partial charge in [0.05, 0.1) is 10.0 Å². The minimum atomic E-state index is 0.625. The number of unbranched alkanes of at least 4 members (excludes halogenated alkanes) is 2. The molecule has 0 atom stereocenters. The minimum Gasteiger partial charge on any atom is -0.126 e. The number of benzene rings is 1. The maximum absolute atomic E-state index is 5.92. The Morgan fingerprint density at radius 2 is 1.87 bits per heavy atom. The third-order valence-corrected chi connectivity index (χ3v) is 4.32. The van der Waals surface area contributed by atoms with Gasteiger partial charge in [-0.2, -0.15) is 0 Å². The molecule has 1 aromatic carbocycles. The van der Waals surface area contributed by atoms with E-state index < -0.39 is 0 Å². The molecule has 1 rings (SSSR count). The third-order valence-electron chi connectivity index (χ3n) is 1.94. The summed E-state index contributed by atoms with van der Waals surface area (Å²) in [5, 5.41) is 2.37. The number of alkyl halides is 1. The van der Waals surface area contributed by atoms with E-state index in [1.807, 2.05) is 30.0 Å². The van der Waals surface area contributed by atoms with Crippen LogP contribution in [-0.4, -0.2) is 11.1 Å². The topological polar surface area (TPSA) is 0 Å². The van der Waals surface area contributed by atoms with E-state index in [0.29, 0.717) is 10.0 Å². The van der Waals surface area contributed by atoms with Crippen molar-refractivity contribution in [2.45, 2.75) is 24.2 Å². The zero-order valence-corrected chi connectivity index (χ0v) is 12.2. The molecule has 15 heavy (non-hydrogen) atoms. The second kappa shape index (κ2) is 7.83. The van der Waals surface area contributed by atoms with Crippen molar-refractivity contribution in [1.82, 2.24) is 0 Å². The highest BCUT2D eigenvalue weighted by Crippen LogP contribution is 2.28. The summed E-state index contributed by atoms with van der Waals surface area (Å²) < 4.78 is 0. The van der Waals surface area contributed by atoms with Crippen molar-refractivity contribution >= 4 is 50.9 Å². The van der Waals surface area contributed by atoms with Gasteiger partial charge in [-0.15, -0.1) is 11.8 Å². The Balaban J connectivity index is 2.28. The van der Waals surface area contributed by atoms with Crippen LogP contribution in [0, 0.1) is 0 Å². The second-order valence-electron chi connectivity index (χ2n) is 3.17. The lowest BCUT2D eigenvalue weighted by Gasteiger charge is -2.02. The molecule has 0 aliphatic rings. The summed E-state index contributed by atoms with van der Waals surface area (Å²) in [6.07, 6.45) is 3.78. The van der Waals surface area contributed by atoms with E-state index in [2.05, 4.69) is 15.9 Å². The Bertz CT molecular complexity index is 305. The van der Waals surface area contributed by atoms with Crippen LogP contribution in [0.2, 0.25) is 10.0 Å². The number of rotatable bonds is 6. The highest BCUT2D eigenvalue weighted by molar-refractivity contribution is 9.09. The van der Waals surface area contributed by atoms with Gasteiger partial charge in [-0.25, -0.2) is 0 Å². The Morgan fingerprint density at radius 1 is 1.07 bits per heavy atom. The Morgan fingerprint density at radius 3 is 2.53 bits per heavy atom. The number of hydrogen-bond acceptors (Lipinski definition) is 1. The summed E-state index contributed by atoms with van der Waals surface area (Å²) in [6.45, 7) is 0. The predicted molar refractivity (Wildman–Crippen MR) is 74.8 cm³/mol. The first-order valence-electron chi connectivity index (χ1n) is 4.88. The third kappa shape index (κ3) is 5.48. The van der Waals surface area contributed by atoms with Gasteiger partial charge >= 0.3 is 0 Å². The van der Waals surface area contributed by atoms with Gasteiger partial charge in [0, 0.05) is 10.2 Å². The maximum Gasteiger partial charge on any atom is 0.0603 e. The van der Waals surface area contributed by atoms with Gasteiger partial charge in [0.1, 0.15) is 0 Å². The molecule has 0 heterocycles. The lowest BCUT2D eigenvalue weighted by atomic mass is 10.3. The molecule has 0 amide bonds. The zero-order chi connectivity index (χ0) is 11.1. The fraction of sp³-hybridized carbons (Fsp3) is 0.455. The molecule has 0 bridgehead atoms. The highest BCUT2D eigenvalue weighted by atomic mass is 79.9. The fourth-order valence-electron chi connectivity index (χ4n) is 1.13. The smallest absolute Gasteiger partial charge is 0.0603 e. The summed E-state index contributed by atoms with van der Waals surface area (Å²) in [5.41, 5.74) is 0. The molecular weight excluding hydrogens is 315 g/mol. The summed E-state index contributed by atoms with van der Waals surface area (Å²) in [7, 11) is 0. The molecule has 0 saturated carbocycles. The quantitative estimate of drug-likeness (QED) is 0.369. The van der Waals surface area contributed by atoms with Crippen molar-refractivity contribution in [2.75, 3.05) is 11.1 Å². The molecule has 0 aliphatic carbocycles. The van der Waals surface area contributed by atoms with Crippen molar-refractivity contribution in [2.24, 2.45) is 0 Å². The first kappa shape index (κ1) is 13.7. The number of halogens is 3. The molecule has 0 fully saturated rings. The van der Waals surface area contributed by atoms with Crippen molar-refractivity contribution in [3.63, 3.8) is 0 Å². The van der Waals surface area contributed by atoms with E-state index in [-0.39, 0.29) is 0 Å². The van der Waals surface area contributed by atoms with Gasteiger partial charge in [-0.3, -0.25) is 0 Å². The van der Waals surface area contributed by atoms with Crippen LogP contribution in [-0.2, 0) is 0 Å². The lowest BCUT2D eigenvalue weighted by Crippen LogP contribution is -1.82. The van der Waals surface area contributed by atoms with Crippen LogP contribution in [0.1, 0.15) is 19.3 Å². The first-order valence-corrected chi connectivity index (χ1v) is 7.74. The van der Waals surface area contributed by atoms with Crippen LogP contribution in [0.15, 0.2) is 23.1 Å². The van der Waals surface area contributed by atoms with Crippen LogP contribution in [0.3, 0.4) is 0 Å². The Hall–Kier alpha value is 0.630. The van der Waals surface area contributed by atoms with E-state index >= 15 is 0 Å². The van der Waals surface area contributed by atoms with Crippen LogP contribution < -0.4 is 0 Å². The van der Waals surface area contributed by atoms with Gasteiger partial charge in [0.2, 0.25) is 0 Å². The molecule has 0 aromatic heterocycles. The van der Waals surface area contributed by atoms with Crippen molar-refractivity contribution in [3.8, 4) is 0 Å². The molecule has 4 heteroatoms. The van der Waals surface area contributed by atoms with Crippen LogP contribution >= 0.6 is 50.9 Å².